The van der Waals surface area contributed by atoms with Crippen molar-refractivity contribution in [3.05, 3.63) is 47.0 Å². The molecule has 43 heavy (non-hydrogen) atoms. The monoisotopic (exact) mass is 604 g/mol. The lowest BCUT2D eigenvalue weighted by Crippen LogP contribution is -2.74. The van der Waals surface area contributed by atoms with Crippen LogP contribution in [0.25, 0.3) is 0 Å². The number of Topliss-reactive ketones (excluding diaryl/α,β-unsaturated/α-hetero) is 1. The Morgan fingerprint density at radius 3 is 2.88 bits per heavy atom. The second-order valence-electron chi connectivity index (χ2n) is 13.3. The number of piperazine rings is 1. The number of aryl methyl sites for hydroxylation is 1. The van der Waals surface area contributed by atoms with Crippen molar-refractivity contribution in [2.75, 3.05) is 39.8 Å². The molecule has 0 radical (unpaired) electrons. The van der Waals surface area contributed by atoms with Crippen molar-refractivity contribution >= 4 is 35.7 Å². The third kappa shape index (κ3) is 4.65. The Morgan fingerprint density at radius 2 is 2.12 bits per heavy atom. The van der Waals surface area contributed by atoms with E-state index in [1.54, 1.807) is 4.90 Å². The summed E-state index contributed by atoms with van der Waals surface area (Å²) in [6.07, 6.45) is 10.1. The molecular weight excluding hydrogens is 564 g/mol. The lowest BCUT2D eigenvalue weighted by Gasteiger charge is -2.49. The number of ether oxygens (including phenoxy) is 1. The van der Waals surface area contributed by atoms with E-state index in [1.165, 1.54) is 18.1 Å². The Kier molecular flexibility index (Phi) is 7.43. The van der Waals surface area contributed by atoms with Gasteiger partial charge in [-0.05, 0) is 91.0 Å². The fraction of sp³-hybridized carbons (Fsp3) is 0.606. The van der Waals surface area contributed by atoms with E-state index in [0.29, 0.717) is 44.5 Å². The van der Waals surface area contributed by atoms with Gasteiger partial charge in [-0.15, -0.1) is 0 Å². The molecule has 0 aromatic heterocycles. The number of amides is 1. The predicted octanol–water partition coefficient (Wildman–Crippen LogP) is 2.65. The van der Waals surface area contributed by atoms with Crippen molar-refractivity contribution in [2.45, 2.75) is 75.7 Å². The molecule has 6 aliphatic rings. The molecule has 2 bridgehead atoms. The fourth-order valence-corrected chi connectivity index (χ4v) is 9.05. The number of fused-ring (bicyclic) bond motifs is 4. The van der Waals surface area contributed by atoms with Crippen LogP contribution < -0.4 is 0 Å². The summed E-state index contributed by atoms with van der Waals surface area (Å²) in [4.78, 5) is 34.0. The molecule has 1 amide bonds. The Balaban J connectivity index is 1.20. The van der Waals surface area contributed by atoms with Crippen molar-refractivity contribution in [3.63, 3.8) is 0 Å². The molecule has 6 unspecified atom stereocenters. The maximum Gasteiger partial charge on any atom is 0.643 e. The van der Waals surface area contributed by atoms with Crippen LogP contribution in [0.15, 0.2) is 30.9 Å². The topological polar surface area (TPSA) is 82.9 Å². The molecule has 7 rings (SSSR count). The number of halogens is 1. The van der Waals surface area contributed by atoms with Gasteiger partial charge in [0, 0.05) is 36.1 Å². The SMILES string of the molecule is C=CC(=O)N1CCN(C2C3CCC4(CCc5cccc(Cl)c5C4)C(=O)C3[N+]3=C[N+]2=C3OCC2CCCN2C)CC1CC#N. The van der Waals surface area contributed by atoms with Crippen LogP contribution in [-0.2, 0) is 27.2 Å². The molecule has 4 aliphatic heterocycles. The largest absolute Gasteiger partial charge is 0.643 e. The number of rotatable bonds is 5. The van der Waals surface area contributed by atoms with E-state index in [-0.39, 0.29) is 36.5 Å². The van der Waals surface area contributed by atoms with Gasteiger partial charge in [0.15, 0.2) is 0 Å². The molecule has 226 valence electrons. The number of likely N-dealkylation sites (N-methyl/N-ethyl adjacent to an activating group) is 1. The van der Waals surface area contributed by atoms with Crippen LogP contribution in [0, 0.1) is 22.7 Å². The maximum atomic E-state index is 14.8. The first kappa shape index (κ1) is 28.7. The maximum absolute atomic E-state index is 14.8. The van der Waals surface area contributed by atoms with E-state index in [1.807, 2.05) is 12.1 Å². The molecule has 0 N–H and O–H groups in total. The number of carbonyl (C=O) groups excluding carboxylic acids is 2. The number of benzene rings is 1. The minimum atomic E-state index is -0.426. The fourth-order valence-electron chi connectivity index (χ4n) is 8.79. The number of hydrogen-bond donors (Lipinski definition) is 0. The molecule has 6 atom stereocenters. The minimum Gasteiger partial charge on any atom is -0.390 e. The first-order chi connectivity index (χ1) is 20.8. The summed E-state index contributed by atoms with van der Waals surface area (Å²) in [6.45, 7) is 7.12. The number of hydrogen-bond acceptors (Lipinski definition) is 6. The summed E-state index contributed by atoms with van der Waals surface area (Å²) in [5.74, 6) is 0.273. The van der Waals surface area contributed by atoms with Crippen molar-refractivity contribution < 1.29 is 23.5 Å². The van der Waals surface area contributed by atoms with E-state index in [0.717, 1.165) is 55.3 Å². The quantitative estimate of drug-likeness (QED) is 0.380. The van der Waals surface area contributed by atoms with Crippen molar-refractivity contribution in [1.29, 1.82) is 5.26 Å². The molecule has 1 saturated carbocycles. The van der Waals surface area contributed by atoms with Gasteiger partial charge in [0.2, 0.25) is 23.9 Å². The minimum absolute atomic E-state index is 0.0609. The van der Waals surface area contributed by atoms with Gasteiger partial charge in [-0.25, -0.2) is 4.90 Å². The van der Waals surface area contributed by atoms with Gasteiger partial charge in [0.1, 0.15) is 12.5 Å². The highest BCUT2D eigenvalue weighted by Crippen LogP contribution is 2.50. The average Bonchev–Trinajstić information content (AvgIpc) is 3.43. The second-order valence-corrected chi connectivity index (χ2v) is 13.7. The number of likely N-dealkylation sites (tertiary alicyclic amines) is 1. The zero-order valence-corrected chi connectivity index (χ0v) is 25.7. The molecule has 2 saturated heterocycles. The van der Waals surface area contributed by atoms with Crippen molar-refractivity contribution in [2.24, 2.45) is 11.3 Å². The third-order valence-electron chi connectivity index (χ3n) is 11.2. The second kappa shape index (κ2) is 11.1. The van der Waals surface area contributed by atoms with Crippen LogP contribution in [0.5, 0.6) is 0 Å². The van der Waals surface area contributed by atoms with Crippen molar-refractivity contribution in [3.8, 4) is 6.07 Å². The normalized spacial score (nSPS) is 33.8. The highest BCUT2D eigenvalue weighted by molar-refractivity contribution is 6.31. The molecule has 10 heteroatoms. The lowest BCUT2D eigenvalue weighted by molar-refractivity contribution is -0.710. The Bertz CT molecular complexity index is 1470. The number of carbonyl (C=O) groups is 2. The number of nitriles is 1. The van der Waals surface area contributed by atoms with Gasteiger partial charge in [-0.3, -0.25) is 9.59 Å². The molecule has 4 heterocycles. The number of nitrogens with zero attached hydrogens (tertiary/aromatic N) is 6. The first-order valence-corrected chi connectivity index (χ1v) is 16.2. The van der Waals surface area contributed by atoms with E-state index in [2.05, 4.69) is 51.1 Å². The summed E-state index contributed by atoms with van der Waals surface area (Å²) in [5.41, 5.74) is 1.98. The molecule has 3 fully saturated rings. The van der Waals surface area contributed by atoms with E-state index >= 15 is 0 Å². The standard InChI is InChI=1S/C33H41ClN6O3/c1-3-28(41)38-17-16-37(19-23(38)11-14-35)31-25-10-13-33(12-9-22-6-4-8-27(34)26(22)18-33)30(42)29(25)39-21-40(31)32(39)43-20-24-7-5-15-36(24)2/h3-4,6,8,21,23-25,29,31H,1,5,7,9-13,15-20H2,2H3/q+2. The lowest BCUT2D eigenvalue weighted by atomic mass is 9.58. The summed E-state index contributed by atoms with van der Waals surface area (Å²) < 4.78 is 10.9. The highest BCUT2D eigenvalue weighted by Gasteiger charge is 2.70. The van der Waals surface area contributed by atoms with E-state index in [4.69, 9.17) is 16.3 Å². The van der Waals surface area contributed by atoms with E-state index < -0.39 is 5.41 Å². The van der Waals surface area contributed by atoms with Gasteiger partial charge < -0.3 is 14.5 Å². The smallest absolute Gasteiger partial charge is 0.390 e. The van der Waals surface area contributed by atoms with Crippen LogP contribution in [-0.4, -0.2) is 112 Å². The molecule has 2 aliphatic carbocycles. The molecule has 9 nitrogen and oxygen atoms in total. The number of amidine groups is 1. The molecule has 1 aromatic carbocycles. The Hall–Kier alpha value is -3.06. The van der Waals surface area contributed by atoms with Crippen LogP contribution in [0.4, 0.5) is 0 Å². The average molecular weight is 605 g/mol. The zero-order valence-electron chi connectivity index (χ0n) is 25.0. The Labute approximate surface area is 258 Å². The third-order valence-corrected chi connectivity index (χ3v) is 11.5. The van der Waals surface area contributed by atoms with Gasteiger partial charge >= 0.3 is 12.4 Å². The Morgan fingerprint density at radius 1 is 1.26 bits per heavy atom. The van der Waals surface area contributed by atoms with Gasteiger partial charge in [-0.1, -0.05) is 30.3 Å². The van der Waals surface area contributed by atoms with Crippen LogP contribution >= 0.6 is 11.6 Å². The van der Waals surface area contributed by atoms with Crippen LogP contribution in [0.1, 0.15) is 49.7 Å². The van der Waals surface area contributed by atoms with Crippen molar-refractivity contribution in [1.82, 2.24) is 14.7 Å². The highest BCUT2D eigenvalue weighted by atomic mass is 35.5. The molecular formula is C33H41ClN6O3+2. The summed E-state index contributed by atoms with van der Waals surface area (Å²) >= 11 is 6.69. The first-order valence-electron chi connectivity index (χ1n) is 15.8. The summed E-state index contributed by atoms with van der Waals surface area (Å²) in [5, 5.41) is 10.4. The van der Waals surface area contributed by atoms with Crippen LogP contribution in [0.2, 0.25) is 5.02 Å². The summed E-state index contributed by atoms with van der Waals surface area (Å²) in [7, 11) is 2.15. The summed E-state index contributed by atoms with van der Waals surface area (Å²) in [6, 6.07) is 9.01. The number of ketones is 1. The van der Waals surface area contributed by atoms with Gasteiger partial charge in [0.25, 0.3) is 0 Å². The zero-order chi connectivity index (χ0) is 29.9. The van der Waals surface area contributed by atoms with E-state index in [9.17, 15) is 14.9 Å². The predicted molar refractivity (Wildman–Crippen MR) is 162 cm³/mol. The van der Waals surface area contributed by atoms with Crippen LogP contribution in [0.3, 0.4) is 0 Å². The molecule has 1 aromatic rings. The van der Waals surface area contributed by atoms with Gasteiger partial charge in [0.05, 0.1) is 18.5 Å². The van der Waals surface area contributed by atoms with Gasteiger partial charge in [-0.2, -0.15) is 5.26 Å². The molecule has 1 spiro atoms.